The number of likely N-dealkylation sites (tertiary alicyclic amines) is 1. The van der Waals surface area contributed by atoms with Crippen molar-refractivity contribution < 1.29 is 57.6 Å². The van der Waals surface area contributed by atoms with Gasteiger partial charge < -0.3 is 26.2 Å². The van der Waals surface area contributed by atoms with Crippen molar-refractivity contribution in [2.24, 2.45) is 0 Å². The third-order valence-corrected chi connectivity index (χ3v) is 7.35. The number of benzene rings is 2. The molecule has 2 heterocycles. The summed E-state index contributed by atoms with van der Waals surface area (Å²) in [5.74, 6) is -0.379. The van der Waals surface area contributed by atoms with E-state index in [-0.39, 0.29) is 63.2 Å². The quantitative estimate of drug-likeness (QED) is 0.346. The van der Waals surface area contributed by atoms with Crippen LogP contribution in [0.25, 0.3) is 0 Å². The Kier molecular flexibility index (Phi) is 11.9. The summed E-state index contributed by atoms with van der Waals surface area (Å²) in [6.07, 6.45) is -2.86. The van der Waals surface area contributed by atoms with Crippen LogP contribution < -0.4 is 28.9 Å². The van der Waals surface area contributed by atoms with E-state index in [9.17, 15) is 27.9 Å². The Morgan fingerprint density at radius 1 is 1.07 bits per heavy atom. The minimum atomic E-state index is -4.66. The molecular formula is C32H38F3LiN4O5. The summed E-state index contributed by atoms with van der Waals surface area (Å²) in [6.45, 7) is 6.62. The summed E-state index contributed by atoms with van der Waals surface area (Å²) in [6, 6.07) is 12.3. The number of rotatable bonds is 9. The number of carboxylic acids is 1. The Labute approximate surface area is 274 Å². The molecule has 45 heavy (non-hydrogen) atoms. The molecule has 1 fully saturated rings. The van der Waals surface area contributed by atoms with Crippen molar-refractivity contribution in [3.8, 4) is 5.75 Å². The first kappa shape index (κ1) is 35.7. The van der Waals surface area contributed by atoms with Gasteiger partial charge in [-0.25, -0.2) is 14.8 Å². The molecule has 0 spiro atoms. The number of piperidine rings is 1. The summed E-state index contributed by atoms with van der Waals surface area (Å²) < 4.78 is 52.6. The Bertz CT molecular complexity index is 1500. The second-order valence-electron chi connectivity index (χ2n) is 11.7. The molecule has 0 atom stereocenters. The van der Waals surface area contributed by atoms with E-state index >= 15 is 0 Å². The molecule has 1 amide bonds. The van der Waals surface area contributed by atoms with Gasteiger partial charge in [0, 0.05) is 19.3 Å². The standard InChI is InChI=1S/C32H37F3N4O5.Li.H/c1-31(2,3)44-30(42)39-15-13-21(14-16-39)23-10-12-26(27(17-23)43-4)38-29-36-19-24(32(33,34)35)25(37-29)11-9-20-7-5-6-8-22(20)18-28(40)41;;/h5-8,10,12,17,19,21H,9,11,13-16,18H2,1-4H3,(H,40,41)(H,36,37,38);;/q;+1;-1. The second-order valence-corrected chi connectivity index (χ2v) is 11.7. The fourth-order valence-corrected chi connectivity index (χ4v) is 5.20. The molecule has 13 heteroatoms. The topological polar surface area (TPSA) is 114 Å². The van der Waals surface area contributed by atoms with Crippen LogP contribution in [0.15, 0.2) is 48.7 Å². The molecule has 1 aliphatic heterocycles. The second kappa shape index (κ2) is 15.0. The van der Waals surface area contributed by atoms with Gasteiger partial charge in [0.15, 0.2) is 0 Å². The van der Waals surface area contributed by atoms with E-state index in [1.165, 1.54) is 7.11 Å². The zero-order chi connectivity index (χ0) is 32.1. The number of alkyl halides is 3. The normalized spacial score (nSPS) is 14.0. The molecule has 1 saturated heterocycles. The Morgan fingerprint density at radius 2 is 1.73 bits per heavy atom. The molecule has 0 aliphatic carbocycles. The largest absolute Gasteiger partial charge is 1.00 e. The van der Waals surface area contributed by atoms with Gasteiger partial charge in [0.05, 0.1) is 30.5 Å². The number of carbonyl (C=O) groups is 2. The summed E-state index contributed by atoms with van der Waals surface area (Å²) in [7, 11) is 1.50. The zero-order valence-electron chi connectivity index (χ0n) is 27.2. The molecule has 0 saturated carbocycles. The smallest absolute Gasteiger partial charge is 1.00 e. The van der Waals surface area contributed by atoms with Crippen LogP contribution >= 0.6 is 0 Å². The van der Waals surface area contributed by atoms with Gasteiger partial charge in [-0.1, -0.05) is 30.3 Å². The van der Waals surface area contributed by atoms with E-state index in [1.54, 1.807) is 35.2 Å². The van der Waals surface area contributed by atoms with Crippen molar-refractivity contribution in [3.63, 3.8) is 0 Å². The molecule has 2 N–H and O–H groups in total. The molecule has 2 aromatic carbocycles. The monoisotopic (exact) mass is 622 g/mol. The van der Waals surface area contributed by atoms with Crippen LogP contribution in [0.2, 0.25) is 0 Å². The third-order valence-electron chi connectivity index (χ3n) is 7.35. The first-order chi connectivity index (χ1) is 20.7. The maximum absolute atomic E-state index is 13.8. The molecule has 0 radical (unpaired) electrons. The van der Waals surface area contributed by atoms with Gasteiger partial charge in [-0.3, -0.25) is 4.79 Å². The number of amides is 1. The van der Waals surface area contributed by atoms with Gasteiger partial charge in [-0.15, -0.1) is 0 Å². The van der Waals surface area contributed by atoms with Gasteiger partial charge in [-0.2, -0.15) is 13.2 Å². The average Bonchev–Trinajstić information content (AvgIpc) is 2.95. The Morgan fingerprint density at radius 3 is 2.33 bits per heavy atom. The summed E-state index contributed by atoms with van der Waals surface area (Å²) in [5, 5.41) is 12.2. The van der Waals surface area contributed by atoms with E-state index in [2.05, 4.69) is 15.3 Å². The fourth-order valence-electron chi connectivity index (χ4n) is 5.20. The number of ether oxygens (including phenoxy) is 2. The molecule has 3 aromatic rings. The Hall–Kier alpha value is -3.75. The maximum atomic E-state index is 13.8. The maximum Gasteiger partial charge on any atom is 1.00 e. The number of carboxylic acid groups (broad SMARTS) is 1. The van der Waals surface area contributed by atoms with Gasteiger partial charge in [-0.05, 0) is 81.2 Å². The number of halogens is 3. The van der Waals surface area contributed by atoms with E-state index in [1.807, 2.05) is 32.9 Å². The fraction of sp³-hybridized carbons (Fsp3) is 0.438. The van der Waals surface area contributed by atoms with Crippen LogP contribution in [0.5, 0.6) is 5.75 Å². The van der Waals surface area contributed by atoms with Crippen LogP contribution in [-0.4, -0.2) is 57.8 Å². The third kappa shape index (κ3) is 9.87. The molecule has 0 unspecified atom stereocenters. The summed E-state index contributed by atoms with van der Waals surface area (Å²) in [4.78, 5) is 33.5. The van der Waals surface area contributed by atoms with Gasteiger partial charge in [0.1, 0.15) is 11.4 Å². The first-order valence-corrected chi connectivity index (χ1v) is 14.4. The van der Waals surface area contributed by atoms with Crippen LogP contribution in [0.3, 0.4) is 0 Å². The number of aryl methyl sites for hydroxylation is 2. The zero-order valence-corrected chi connectivity index (χ0v) is 26.2. The minimum absolute atomic E-state index is 0. The summed E-state index contributed by atoms with van der Waals surface area (Å²) in [5.41, 5.74) is 0.984. The Balaban J connectivity index is 0.00000368. The number of hydrogen-bond donors (Lipinski definition) is 2. The van der Waals surface area contributed by atoms with Crippen molar-refractivity contribution in [2.75, 3.05) is 25.5 Å². The van der Waals surface area contributed by atoms with E-state index in [0.717, 1.165) is 24.6 Å². The van der Waals surface area contributed by atoms with Crippen LogP contribution in [0.1, 0.15) is 68.9 Å². The minimum Gasteiger partial charge on any atom is -1.00 e. The van der Waals surface area contributed by atoms with Gasteiger partial charge in [0.2, 0.25) is 5.95 Å². The molecule has 238 valence electrons. The predicted octanol–water partition coefficient (Wildman–Crippen LogP) is 3.89. The molecule has 1 aromatic heterocycles. The number of aliphatic carboxylic acids is 1. The van der Waals surface area contributed by atoms with Crippen molar-refractivity contribution in [1.29, 1.82) is 0 Å². The average molecular weight is 623 g/mol. The molecule has 0 bridgehead atoms. The molecule has 1 aliphatic rings. The van der Waals surface area contributed by atoms with Crippen LogP contribution in [-0.2, 0) is 35.0 Å². The number of methoxy groups -OCH3 is 1. The number of anilines is 2. The number of nitrogens with zero attached hydrogens (tertiary/aromatic N) is 3. The predicted molar refractivity (Wildman–Crippen MR) is 159 cm³/mol. The van der Waals surface area contributed by atoms with E-state index in [0.29, 0.717) is 35.7 Å². The number of carbonyl (C=O) groups excluding carboxylic acids is 1. The summed E-state index contributed by atoms with van der Waals surface area (Å²) >= 11 is 0. The number of nitrogens with one attached hydrogen (secondary N) is 1. The van der Waals surface area contributed by atoms with Gasteiger partial charge >= 0.3 is 37.1 Å². The molecule has 9 nitrogen and oxygen atoms in total. The molecule has 4 rings (SSSR count). The SMILES string of the molecule is COc1cc(C2CCN(C(=O)OC(C)(C)C)CC2)ccc1Nc1ncc(C(F)(F)F)c(CCc2ccccc2CC(=O)O)n1.[H-].[Li+]. The van der Waals surface area contributed by atoms with Crippen molar-refractivity contribution in [2.45, 2.75) is 70.6 Å². The van der Waals surface area contributed by atoms with E-state index in [4.69, 9.17) is 9.47 Å². The van der Waals surface area contributed by atoms with Crippen molar-refractivity contribution in [3.05, 3.63) is 76.6 Å². The number of hydrogen-bond acceptors (Lipinski definition) is 7. The van der Waals surface area contributed by atoms with E-state index < -0.39 is 23.3 Å². The van der Waals surface area contributed by atoms with Crippen LogP contribution in [0.4, 0.5) is 29.6 Å². The van der Waals surface area contributed by atoms with Crippen LogP contribution in [0, 0.1) is 0 Å². The van der Waals surface area contributed by atoms with Crippen molar-refractivity contribution >= 4 is 23.7 Å². The van der Waals surface area contributed by atoms with Gasteiger partial charge in [0.25, 0.3) is 0 Å². The first-order valence-electron chi connectivity index (χ1n) is 14.4. The molecular weight excluding hydrogens is 584 g/mol. The van der Waals surface area contributed by atoms with Crippen molar-refractivity contribution in [1.82, 2.24) is 14.9 Å². The number of aromatic nitrogens is 2.